The summed E-state index contributed by atoms with van der Waals surface area (Å²) in [5, 5.41) is 12.1. The number of aromatic nitrogens is 2. The largest absolute Gasteiger partial charge is 0.388 e. The third-order valence-corrected chi connectivity index (χ3v) is 6.22. The molecule has 1 heterocycles. The number of fused-ring (bicyclic) bond motifs is 2. The molecule has 6 heteroatoms. The summed E-state index contributed by atoms with van der Waals surface area (Å²) in [5.41, 5.74) is 8.81. The monoisotopic (exact) mass is 461 g/mol. The molecule has 1 aromatic heterocycles. The van der Waals surface area contributed by atoms with E-state index < -0.39 is 0 Å². The summed E-state index contributed by atoms with van der Waals surface area (Å²) in [6.07, 6.45) is 0. The molecular weight excluding hydrogens is 432 g/mol. The fraction of sp³-hybridized carbons (Fsp3) is 0.172. The molecule has 0 amide bonds. The maximum absolute atomic E-state index is 4.98. The van der Waals surface area contributed by atoms with Gasteiger partial charge < -0.3 is 10.2 Å². The van der Waals surface area contributed by atoms with Crippen LogP contribution in [0.25, 0.3) is 27.8 Å². The van der Waals surface area contributed by atoms with E-state index in [-0.39, 0.29) is 0 Å². The number of benzene rings is 4. The molecule has 0 fully saturated rings. The first-order valence-electron chi connectivity index (χ1n) is 12.0. The second-order valence-corrected chi connectivity index (χ2v) is 8.30. The van der Waals surface area contributed by atoms with E-state index in [2.05, 4.69) is 87.4 Å². The molecule has 0 radical (unpaired) electrons. The van der Waals surface area contributed by atoms with Crippen molar-refractivity contribution in [2.45, 2.75) is 13.8 Å². The molecule has 0 aliphatic carbocycles. The highest BCUT2D eigenvalue weighted by Crippen LogP contribution is 2.26. The number of hydrogen-bond donors (Lipinski definition) is 1. The SMILES string of the molecule is CCN(CC)c1ccc2nc3ccc(N=Nc4ccc(NC)cc4)cc3[n+](-c3ccccc3)c2c1. The average molecular weight is 462 g/mol. The van der Waals surface area contributed by atoms with Gasteiger partial charge in [0.05, 0.1) is 11.4 Å². The molecule has 0 saturated heterocycles. The van der Waals surface area contributed by atoms with Crippen LogP contribution < -0.4 is 14.8 Å². The van der Waals surface area contributed by atoms with Crippen molar-refractivity contribution in [2.24, 2.45) is 10.2 Å². The Balaban J connectivity index is 1.68. The summed E-state index contributed by atoms with van der Waals surface area (Å²) >= 11 is 0. The Morgan fingerprint density at radius 2 is 1.37 bits per heavy atom. The lowest BCUT2D eigenvalue weighted by Gasteiger charge is -2.20. The van der Waals surface area contributed by atoms with Gasteiger partial charge >= 0.3 is 0 Å². The van der Waals surface area contributed by atoms with E-state index in [1.54, 1.807) is 0 Å². The van der Waals surface area contributed by atoms with Gasteiger partial charge in [0.25, 0.3) is 0 Å². The average Bonchev–Trinajstić information content (AvgIpc) is 2.92. The van der Waals surface area contributed by atoms with Crippen LogP contribution in [0.4, 0.5) is 22.7 Å². The minimum Gasteiger partial charge on any atom is -0.388 e. The Hall–Kier alpha value is -4.32. The zero-order valence-corrected chi connectivity index (χ0v) is 20.3. The van der Waals surface area contributed by atoms with Crippen LogP contribution in [0.15, 0.2) is 101 Å². The molecule has 0 aliphatic rings. The summed E-state index contributed by atoms with van der Waals surface area (Å²) in [7, 11) is 1.90. The van der Waals surface area contributed by atoms with E-state index in [1.165, 1.54) is 5.69 Å². The topological polar surface area (TPSA) is 56.8 Å². The number of nitrogens with one attached hydrogen (secondary N) is 1. The lowest BCUT2D eigenvalue weighted by molar-refractivity contribution is -0.538. The van der Waals surface area contributed by atoms with Crippen LogP contribution in [-0.2, 0) is 0 Å². The molecule has 4 aromatic carbocycles. The van der Waals surface area contributed by atoms with Crippen LogP contribution in [-0.4, -0.2) is 25.1 Å². The molecule has 35 heavy (non-hydrogen) atoms. The normalized spacial score (nSPS) is 11.4. The van der Waals surface area contributed by atoms with E-state index >= 15 is 0 Å². The molecule has 0 aliphatic heterocycles. The molecule has 6 nitrogen and oxygen atoms in total. The first-order chi connectivity index (χ1) is 17.2. The van der Waals surface area contributed by atoms with Gasteiger partial charge in [-0.2, -0.15) is 10.2 Å². The number of nitrogens with zero attached hydrogens (tertiary/aromatic N) is 5. The quantitative estimate of drug-likeness (QED) is 0.162. The van der Waals surface area contributed by atoms with Gasteiger partial charge in [-0.1, -0.05) is 18.2 Å². The number of para-hydroxylation sites is 1. The van der Waals surface area contributed by atoms with Crippen LogP contribution in [0.5, 0.6) is 0 Å². The van der Waals surface area contributed by atoms with Gasteiger partial charge in [0, 0.05) is 55.8 Å². The number of anilines is 2. The molecule has 5 aromatic rings. The van der Waals surface area contributed by atoms with E-state index in [4.69, 9.17) is 4.98 Å². The van der Waals surface area contributed by atoms with Crippen molar-refractivity contribution in [3.8, 4) is 5.69 Å². The van der Waals surface area contributed by atoms with Crippen molar-refractivity contribution >= 4 is 44.8 Å². The lowest BCUT2D eigenvalue weighted by Crippen LogP contribution is -2.33. The molecule has 0 unspecified atom stereocenters. The molecular formula is C29H29N6+. The van der Waals surface area contributed by atoms with Gasteiger partial charge in [-0.3, -0.25) is 0 Å². The maximum atomic E-state index is 4.98. The predicted molar refractivity (Wildman–Crippen MR) is 145 cm³/mol. The molecule has 0 saturated carbocycles. The highest BCUT2D eigenvalue weighted by atomic mass is 15.1. The minimum atomic E-state index is 0.779. The zero-order chi connectivity index (χ0) is 24.2. The van der Waals surface area contributed by atoms with Gasteiger partial charge in [0.15, 0.2) is 0 Å². The predicted octanol–water partition coefficient (Wildman–Crippen LogP) is 6.97. The molecule has 174 valence electrons. The van der Waals surface area contributed by atoms with E-state index in [0.29, 0.717) is 0 Å². The summed E-state index contributed by atoms with van der Waals surface area (Å²) in [6, 6.07) is 30.8. The van der Waals surface area contributed by atoms with Gasteiger partial charge in [-0.25, -0.2) is 4.98 Å². The van der Waals surface area contributed by atoms with Gasteiger partial charge in [-0.15, -0.1) is 4.57 Å². The van der Waals surface area contributed by atoms with Crippen molar-refractivity contribution in [1.29, 1.82) is 0 Å². The maximum Gasteiger partial charge on any atom is 0.239 e. The first kappa shape index (κ1) is 22.5. The highest BCUT2D eigenvalue weighted by Gasteiger charge is 2.21. The zero-order valence-electron chi connectivity index (χ0n) is 20.3. The van der Waals surface area contributed by atoms with Crippen molar-refractivity contribution < 1.29 is 4.57 Å². The fourth-order valence-corrected chi connectivity index (χ4v) is 4.34. The summed E-state index contributed by atoms with van der Waals surface area (Å²) in [5.74, 6) is 0. The third-order valence-electron chi connectivity index (χ3n) is 6.22. The Labute approximate surface area is 205 Å². The smallest absolute Gasteiger partial charge is 0.239 e. The van der Waals surface area contributed by atoms with Crippen molar-refractivity contribution in [2.75, 3.05) is 30.4 Å². The highest BCUT2D eigenvalue weighted by molar-refractivity contribution is 5.85. The number of azo groups is 1. The summed E-state index contributed by atoms with van der Waals surface area (Å²) in [4.78, 5) is 7.33. The Morgan fingerprint density at radius 1 is 0.743 bits per heavy atom. The van der Waals surface area contributed by atoms with E-state index in [9.17, 15) is 0 Å². The van der Waals surface area contributed by atoms with Crippen LogP contribution in [0.1, 0.15) is 13.8 Å². The Morgan fingerprint density at radius 3 is 2.06 bits per heavy atom. The van der Waals surface area contributed by atoms with Crippen LogP contribution >= 0.6 is 0 Å². The van der Waals surface area contributed by atoms with Gasteiger partial charge in [0.2, 0.25) is 16.7 Å². The summed E-state index contributed by atoms with van der Waals surface area (Å²) in [6.45, 7) is 6.27. The molecule has 5 rings (SSSR count). The second kappa shape index (κ2) is 9.89. The van der Waals surface area contributed by atoms with Crippen molar-refractivity contribution in [3.63, 3.8) is 0 Å². The number of rotatable bonds is 7. The van der Waals surface area contributed by atoms with Crippen LogP contribution in [0.2, 0.25) is 0 Å². The second-order valence-electron chi connectivity index (χ2n) is 8.30. The van der Waals surface area contributed by atoms with Crippen LogP contribution in [0, 0.1) is 0 Å². The fourth-order valence-electron chi connectivity index (χ4n) is 4.34. The van der Waals surface area contributed by atoms with Gasteiger partial charge in [-0.05, 0) is 62.4 Å². The van der Waals surface area contributed by atoms with Crippen molar-refractivity contribution in [1.82, 2.24) is 4.98 Å². The van der Waals surface area contributed by atoms with Gasteiger partial charge in [0.1, 0.15) is 11.0 Å². The molecule has 0 atom stereocenters. The summed E-state index contributed by atoms with van der Waals surface area (Å²) < 4.78 is 2.27. The molecule has 0 bridgehead atoms. The standard InChI is InChI=1S/C29H28N6/c1-4-34(5-2)25-16-18-27-29(20-25)35(24-9-7-6-8-10-24)28-19-23(15-17-26(28)31-27)33-32-22-13-11-21(30-3)12-14-22/h6-20H,4-5H2,1-3H3/p+1. The third kappa shape index (κ3) is 4.55. The Kier molecular flexibility index (Phi) is 6.35. The van der Waals surface area contributed by atoms with Crippen molar-refractivity contribution in [3.05, 3.63) is 91.0 Å². The number of hydrogen-bond acceptors (Lipinski definition) is 5. The van der Waals surface area contributed by atoms with E-state index in [0.717, 1.165) is 57.9 Å². The van der Waals surface area contributed by atoms with E-state index in [1.807, 2.05) is 49.5 Å². The lowest BCUT2D eigenvalue weighted by atomic mass is 10.1. The first-order valence-corrected chi connectivity index (χ1v) is 12.0. The van der Waals surface area contributed by atoms with Crippen LogP contribution in [0.3, 0.4) is 0 Å². The Bertz CT molecular complexity index is 1490. The minimum absolute atomic E-state index is 0.779. The molecule has 1 N–H and O–H groups in total. The molecule has 0 spiro atoms.